The van der Waals surface area contributed by atoms with Crippen LogP contribution >= 0.6 is 0 Å². The average Bonchev–Trinajstić information content (AvgIpc) is 2.56. The molecule has 0 aromatic heterocycles. The molecule has 0 amide bonds. The number of hydrogen-bond acceptors (Lipinski definition) is 5. The molecule has 1 aromatic carbocycles. The van der Waals surface area contributed by atoms with Gasteiger partial charge in [0.1, 0.15) is 5.57 Å². The number of unbranched alkanes of at least 4 members (excludes halogenated alkanes) is 2. The Kier molecular flexibility index (Phi) is 11.7. The third-order valence-corrected chi connectivity index (χ3v) is 3.16. The molecule has 5 nitrogen and oxygen atoms in total. The van der Waals surface area contributed by atoms with Crippen LogP contribution in [0.1, 0.15) is 45.1 Å². The molecule has 24 heavy (non-hydrogen) atoms. The van der Waals surface area contributed by atoms with E-state index in [1.54, 1.807) is 30.3 Å². The van der Waals surface area contributed by atoms with Gasteiger partial charge in [-0.2, -0.15) is 0 Å². The third kappa shape index (κ3) is 7.19. The summed E-state index contributed by atoms with van der Waals surface area (Å²) in [5, 5.41) is 10.2. The quantitative estimate of drug-likeness (QED) is 0.232. The number of ether oxygens (including phenoxy) is 2. The van der Waals surface area contributed by atoms with E-state index in [4.69, 9.17) is 9.47 Å². The maximum Gasteiger partial charge on any atom is 0.374 e. The Morgan fingerprint density at radius 2 is 1.42 bits per heavy atom. The zero-order valence-corrected chi connectivity index (χ0v) is 15.0. The molecule has 0 aliphatic rings. The van der Waals surface area contributed by atoms with Crippen LogP contribution in [0.5, 0.6) is 0 Å². The first kappa shape index (κ1) is 22.2. The van der Waals surface area contributed by atoms with E-state index in [2.05, 4.69) is 0 Å². The molecule has 0 aliphatic carbocycles. The molecule has 0 bridgehead atoms. The molecule has 0 atom stereocenters. The van der Waals surface area contributed by atoms with Crippen LogP contribution in [0.25, 0.3) is 5.57 Å². The summed E-state index contributed by atoms with van der Waals surface area (Å²) < 4.78 is 10.1. The standard InChI is InChI=1S/C18H24O5.Cu/c1-3-5-12-22-17(20)15(14-10-8-7-9-11-14)16(19)18(21)23-13-6-4-2;/h7-11,19H,3-6,12-13H2,1-2H3;/b16-15-;. The Labute approximate surface area is 153 Å². The van der Waals surface area contributed by atoms with Gasteiger partial charge in [-0.05, 0) is 18.4 Å². The number of esters is 2. The van der Waals surface area contributed by atoms with E-state index < -0.39 is 17.7 Å². The zero-order valence-electron chi connectivity index (χ0n) is 14.0. The maximum atomic E-state index is 12.2. The van der Waals surface area contributed by atoms with Crippen molar-refractivity contribution in [2.24, 2.45) is 0 Å². The second-order valence-electron chi connectivity index (χ2n) is 5.07. The molecule has 1 rings (SSSR count). The first-order valence-electron chi connectivity index (χ1n) is 7.94. The SMILES string of the molecule is CCCCOC(=O)/C(O)=C(/C(=O)OCCCC)c1ccccc1.[Cu]. The van der Waals surface area contributed by atoms with Crippen LogP contribution in [-0.2, 0) is 36.1 Å². The predicted molar refractivity (Wildman–Crippen MR) is 87.7 cm³/mol. The normalized spacial score (nSPS) is 11.1. The van der Waals surface area contributed by atoms with Crippen molar-refractivity contribution >= 4 is 17.5 Å². The zero-order chi connectivity index (χ0) is 17.1. The molecule has 6 heteroatoms. The molecule has 0 aliphatic heterocycles. The van der Waals surface area contributed by atoms with Gasteiger partial charge in [0, 0.05) is 17.1 Å². The van der Waals surface area contributed by atoms with Crippen molar-refractivity contribution in [1.29, 1.82) is 0 Å². The van der Waals surface area contributed by atoms with Gasteiger partial charge in [-0.15, -0.1) is 0 Å². The number of carbonyl (C=O) groups is 2. The molecule has 1 N–H and O–H groups in total. The van der Waals surface area contributed by atoms with Crippen molar-refractivity contribution in [3.05, 3.63) is 41.7 Å². The smallest absolute Gasteiger partial charge is 0.374 e. The van der Waals surface area contributed by atoms with E-state index in [0.29, 0.717) is 12.0 Å². The molecular formula is C18H24CuO5. The van der Waals surface area contributed by atoms with Crippen molar-refractivity contribution < 1.29 is 41.2 Å². The van der Waals surface area contributed by atoms with Gasteiger partial charge in [-0.25, -0.2) is 9.59 Å². The Morgan fingerprint density at radius 3 is 1.92 bits per heavy atom. The van der Waals surface area contributed by atoms with Crippen LogP contribution < -0.4 is 0 Å². The summed E-state index contributed by atoms with van der Waals surface area (Å²) in [6.45, 7) is 4.38. The number of benzene rings is 1. The average molecular weight is 384 g/mol. The van der Waals surface area contributed by atoms with Crippen molar-refractivity contribution in [3.8, 4) is 0 Å². The van der Waals surface area contributed by atoms with Crippen LogP contribution in [0.4, 0.5) is 0 Å². The largest absolute Gasteiger partial charge is 0.501 e. The number of aliphatic hydroxyl groups excluding tert-OH is 1. The fourth-order valence-electron chi connectivity index (χ4n) is 1.82. The minimum Gasteiger partial charge on any atom is -0.501 e. The summed E-state index contributed by atoms with van der Waals surface area (Å²) in [6, 6.07) is 8.47. The van der Waals surface area contributed by atoms with Crippen molar-refractivity contribution in [2.45, 2.75) is 39.5 Å². The molecule has 0 fully saturated rings. The van der Waals surface area contributed by atoms with Gasteiger partial charge in [0.2, 0.25) is 5.76 Å². The molecule has 0 saturated carbocycles. The second kappa shape index (κ2) is 12.6. The number of carbonyl (C=O) groups excluding carboxylic acids is 2. The van der Waals surface area contributed by atoms with Gasteiger partial charge in [0.15, 0.2) is 0 Å². The number of aliphatic hydroxyl groups is 1. The summed E-state index contributed by atoms with van der Waals surface area (Å²) in [7, 11) is 0. The van der Waals surface area contributed by atoms with Crippen LogP contribution in [0, 0.1) is 0 Å². The number of hydrogen-bond donors (Lipinski definition) is 1. The molecular weight excluding hydrogens is 360 g/mol. The summed E-state index contributed by atoms with van der Waals surface area (Å²) in [5.74, 6) is -2.35. The summed E-state index contributed by atoms with van der Waals surface area (Å²) in [4.78, 5) is 24.2. The topological polar surface area (TPSA) is 72.8 Å². The van der Waals surface area contributed by atoms with E-state index in [-0.39, 0.29) is 35.9 Å². The van der Waals surface area contributed by atoms with Gasteiger partial charge < -0.3 is 14.6 Å². The van der Waals surface area contributed by atoms with Crippen LogP contribution in [0.3, 0.4) is 0 Å². The third-order valence-electron chi connectivity index (χ3n) is 3.16. The molecule has 1 aromatic rings. The molecule has 1 radical (unpaired) electrons. The number of rotatable bonds is 9. The van der Waals surface area contributed by atoms with E-state index >= 15 is 0 Å². The first-order chi connectivity index (χ1) is 11.1. The fourth-order valence-corrected chi connectivity index (χ4v) is 1.82. The Hall–Kier alpha value is -1.78. The van der Waals surface area contributed by atoms with Gasteiger partial charge in [-0.3, -0.25) is 0 Å². The van der Waals surface area contributed by atoms with E-state index in [0.717, 1.165) is 19.3 Å². The van der Waals surface area contributed by atoms with Crippen LogP contribution in [0.2, 0.25) is 0 Å². The van der Waals surface area contributed by atoms with E-state index in [1.165, 1.54) is 0 Å². The minimum atomic E-state index is -0.912. The maximum absolute atomic E-state index is 12.2. The summed E-state index contributed by atoms with van der Waals surface area (Å²) in [6.07, 6.45) is 3.15. The Bertz CT molecular complexity index is 540. The molecule has 0 heterocycles. The van der Waals surface area contributed by atoms with Crippen molar-refractivity contribution in [1.82, 2.24) is 0 Å². The van der Waals surface area contributed by atoms with Crippen molar-refractivity contribution in [2.75, 3.05) is 13.2 Å². The van der Waals surface area contributed by atoms with Gasteiger partial charge >= 0.3 is 11.9 Å². The molecule has 0 unspecified atom stereocenters. The molecule has 0 spiro atoms. The van der Waals surface area contributed by atoms with Gasteiger partial charge in [0.25, 0.3) is 0 Å². The van der Waals surface area contributed by atoms with Gasteiger partial charge in [-0.1, -0.05) is 57.0 Å². The van der Waals surface area contributed by atoms with Crippen molar-refractivity contribution in [3.63, 3.8) is 0 Å². The molecule has 0 saturated heterocycles. The van der Waals surface area contributed by atoms with E-state index in [1.807, 2.05) is 13.8 Å². The Balaban J connectivity index is 0.00000529. The summed E-state index contributed by atoms with van der Waals surface area (Å²) in [5.41, 5.74) is 0.252. The van der Waals surface area contributed by atoms with Crippen LogP contribution in [0.15, 0.2) is 36.1 Å². The fraction of sp³-hybridized carbons (Fsp3) is 0.444. The molecule has 137 valence electrons. The minimum absolute atomic E-state index is 0. The summed E-state index contributed by atoms with van der Waals surface area (Å²) >= 11 is 0. The monoisotopic (exact) mass is 383 g/mol. The Morgan fingerprint density at radius 1 is 0.917 bits per heavy atom. The van der Waals surface area contributed by atoms with Gasteiger partial charge in [0.05, 0.1) is 13.2 Å². The second-order valence-corrected chi connectivity index (χ2v) is 5.07. The van der Waals surface area contributed by atoms with E-state index in [9.17, 15) is 14.7 Å². The van der Waals surface area contributed by atoms with Crippen LogP contribution in [-0.4, -0.2) is 30.3 Å². The first-order valence-corrected chi connectivity index (χ1v) is 7.94. The predicted octanol–water partition coefficient (Wildman–Crippen LogP) is 3.64.